The molecule has 0 bridgehead atoms. The van der Waals surface area contributed by atoms with Crippen molar-refractivity contribution < 1.29 is 9.53 Å². The van der Waals surface area contributed by atoms with E-state index in [9.17, 15) is 4.79 Å². The average Bonchev–Trinajstić information content (AvgIpc) is 3.81. The number of nitrogen functional groups attached to an aromatic ring is 1. The number of pyridine rings is 1. The molecule has 0 radical (unpaired) electrons. The SMILES string of the molecule is CN1CCC(n2ccc3cc(-c4ccc(CO[C@H]5CCC[C@@H]5NC(=O)c5cc(-c6cnn(C)c6)cnc5N)cc4)ccc32)CC1. The molecule has 3 N–H and O–H groups in total. The van der Waals surface area contributed by atoms with Crippen LogP contribution in [0.2, 0.25) is 0 Å². The van der Waals surface area contributed by atoms with Gasteiger partial charge in [-0.1, -0.05) is 30.3 Å². The van der Waals surface area contributed by atoms with Crippen LogP contribution in [0.1, 0.15) is 54.1 Å². The minimum atomic E-state index is -0.228. The molecule has 1 aliphatic carbocycles. The molecular formula is C36H41N7O2. The maximum atomic E-state index is 13.3. The molecule has 1 aliphatic heterocycles. The number of rotatable bonds is 8. The number of fused-ring (bicyclic) bond motifs is 1. The second-order valence-electron chi connectivity index (χ2n) is 12.6. The van der Waals surface area contributed by atoms with E-state index in [2.05, 4.69) is 86.6 Å². The van der Waals surface area contributed by atoms with E-state index >= 15 is 0 Å². The first-order chi connectivity index (χ1) is 21.9. The number of anilines is 1. The summed E-state index contributed by atoms with van der Waals surface area (Å²) in [7, 11) is 4.06. The molecule has 9 heteroatoms. The van der Waals surface area contributed by atoms with E-state index < -0.39 is 0 Å². The molecular weight excluding hydrogens is 562 g/mol. The fourth-order valence-corrected chi connectivity index (χ4v) is 6.85. The van der Waals surface area contributed by atoms with E-state index in [4.69, 9.17) is 10.5 Å². The summed E-state index contributed by atoms with van der Waals surface area (Å²) in [5.74, 6) is -0.0149. The number of aromatic nitrogens is 4. The van der Waals surface area contributed by atoms with Crippen molar-refractivity contribution in [3.8, 4) is 22.3 Å². The van der Waals surface area contributed by atoms with E-state index in [1.165, 1.54) is 34.9 Å². The van der Waals surface area contributed by atoms with Crippen LogP contribution >= 0.6 is 0 Å². The van der Waals surface area contributed by atoms with Gasteiger partial charge in [0, 0.05) is 53.7 Å². The molecule has 0 unspecified atom stereocenters. The lowest BCUT2D eigenvalue weighted by Gasteiger charge is -2.30. The standard InChI is InChI=1S/C36H41N7O2/c1-41-15-13-30(14-16-41)43-17-12-27-18-26(10-11-33(27)43)25-8-6-24(7-9-25)23-45-34-5-3-4-32(34)40-36(44)31-19-28(20-38-35(31)37)29-21-39-42(2)22-29/h6-12,17-22,30,32,34H,3-5,13-16,23H2,1-2H3,(H2,37,38)(H,40,44)/t32-,34-/m0/s1. The predicted molar refractivity (Wildman–Crippen MR) is 178 cm³/mol. The average molecular weight is 604 g/mol. The lowest BCUT2D eigenvalue weighted by atomic mass is 10.0. The first-order valence-corrected chi connectivity index (χ1v) is 16.0. The minimum Gasteiger partial charge on any atom is -0.383 e. The van der Waals surface area contributed by atoms with E-state index in [1.807, 2.05) is 13.2 Å². The van der Waals surface area contributed by atoms with Gasteiger partial charge < -0.3 is 25.3 Å². The molecule has 2 aromatic carbocycles. The van der Waals surface area contributed by atoms with Gasteiger partial charge in [-0.3, -0.25) is 9.48 Å². The lowest BCUT2D eigenvalue weighted by Crippen LogP contribution is -2.41. The molecule has 2 aliphatic rings. The Bertz CT molecular complexity index is 1800. The molecule has 3 aromatic heterocycles. The van der Waals surface area contributed by atoms with Crippen molar-refractivity contribution in [2.75, 3.05) is 25.9 Å². The molecule has 232 valence electrons. The highest BCUT2D eigenvalue weighted by atomic mass is 16.5. The first-order valence-electron chi connectivity index (χ1n) is 16.0. The van der Waals surface area contributed by atoms with Crippen molar-refractivity contribution in [1.82, 2.24) is 29.5 Å². The zero-order chi connectivity index (χ0) is 30.9. The van der Waals surface area contributed by atoms with Crippen LogP contribution in [0.15, 0.2) is 79.4 Å². The van der Waals surface area contributed by atoms with Gasteiger partial charge in [-0.2, -0.15) is 5.10 Å². The summed E-state index contributed by atoms with van der Waals surface area (Å²) in [6.45, 7) is 2.81. The van der Waals surface area contributed by atoms with Gasteiger partial charge in [0.2, 0.25) is 0 Å². The summed E-state index contributed by atoms with van der Waals surface area (Å²) in [5.41, 5.74) is 13.0. The molecule has 7 rings (SSSR count). The number of aryl methyl sites for hydroxylation is 1. The number of piperidine rings is 1. The summed E-state index contributed by atoms with van der Waals surface area (Å²) < 4.78 is 10.5. The molecule has 4 heterocycles. The number of ether oxygens (including phenoxy) is 1. The molecule has 9 nitrogen and oxygen atoms in total. The molecule has 2 fully saturated rings. The van der Waals surface area contributed by atoms with E-state index in [0.29, 0.717) is 18.2 Å². The van der Waals surface area contributed by atoms with Crippen LogP contribution in [-0.2, 0) is 18.4 Å². The second-order valence-corrected chi connectivity index (χ2v) is 12.6. The predicted octanol–water partition coefficient (Wildman–Crippen LogP) is 5.82. The number of nitrogens with one attached hydrogen (secondary N) is 1. The first kappa shape index (κ1) is 29.3. The molecule has 45 heavy (non-hydrogen) atoms. The maximum absolute atomic E-state index is 13.3. The third-order valence-electron chi connectivity index (χ3n) is 9.52. The highest BCUT2D eigenvalue weighted by molar-refractivity contribution is 5.99. The summed E-state index contributed by atoms with van der Waals surface area (Å²) in [6, 6.07) is 20.0. The van der Waals surface area contributed by atoms with Crippen LogP contribution in [0, 0.1) is 0 Å². The topological polar surface area (TPSA) is 103 Å². The Morgan fingerprint density at radius 1 is 0.933 bits per heavy atom. The number of hydrogen-bond donors (Lipinski definition) is 2. The molecule has 1 saturated heterocycles. The van der Waals surface area contributed by atoms with Crippen molar-refractivity contribution in [2.24, 2.45) is 7.05 Å². The van der Waals surface area contributed by atoms with Crippen LogP contribution < -0.4 is 11.1 Å². The fourth-order valence-electron chi connectivity index (χ4n) is 6.85. The Kier molecular flexibility index (Phi) is 8.12. The number of carbonyl (C=O) groups is 1. The van der Waals surface area contributed by atoms with Crippen molar-refractivity contribution in [3.05, 3.63) is 90.5 Å². The lowest BCUT2D eigenvalue weighted by molar-refractivity contribution is 0.0272. The summed E-state index contributed by atoms with van der Waals surface area (Å²) in [6.07, 6.45) is 12.7. The highest BCUT2D eigenvalue weighted by Gasteiger charge is 2.30. The van der Waals surface area contributed by atoms with Gasteiger partial charge in [0.05, 0.1) is 30.5 Å². The Labute approximate surface area is 264 Å². The van der Waals surface area contributed by atoms with Gasteiger partial charge in [-0.15, -0.1) is 0 Å². The third kappa shape index (κ3) is 6.23. The van der Waals surface area contributed by atoms with Crippen molar-refractivity contribution in [2.45, 2.75) is 56.9 Å². The van der Waals surface area contributed by atoms with Crippen LogP contribution in [0.5, 0.6) is 0 Å². The summed E-state index contributed by atoms with van der Waals surface area (Å²) >= 11 is 0. The normalized spacial score (nSPS) is 19.3. The zero-order valence-corrected chi connectivity index (χ0v) is 26.0. The largest absolute Gasteiger partial charge is 0.383 e. The van der Waals surface area contributed by atoms with Gasteiger partial charge in [0.15, 0.2) is 0 Å². The number of hydrogen-bond acceptors (Lipinski definition) is 6. The number of nitrogens with two attached hydrogens (primary N) is 1. The van der Waals surface area contributed by atoms with Gasteiger partial charge >= 0.3 is 0 Å². The third-order valence-corrected chi connectivity index (χ3v) is 9.52. The second kappa shape index (κ2) is 12.5. The van der Waals surface area contributed by atoms with E-state index in [1.54, 1.807) is 23.1 Å². The van der Waals surface area contributed by atoms with Gasteiger partial charge in [0.25, 0.3) is 5.91 Å². The number of nitrogens with zero attached hydrogens (tertiary/aromatic N) is 5. The van der Waals surface area contributed by atoms with Crippen LogP contribution in [0.4, 0.5) is 5.82 Å². The smallest absolute Gasteiger partial charge is 0.255 e. The van der Waals surface area contributed by atoms with Gasteiger partial charge in [0.1, 0.15) is 5.82 Å². The maximum Gasteiger partial charge on any atom is 0.255 e. The summed E-state index contributed by atoms with van der Waals surface area (Å²) in [4.78, 5) is 20.0. The van der Waals surface area contributed by atoms with E-state index in [0.717, 1.165) is 49.0 Å². The van der Waals surface area contributed by atoms with Crippen molar-refractivity contribution in [3.63, 3.8) is 0 Å². The molecule has 1 amide bonds. The Morgan fingerprint density at radius 3 is 2.51 bits per heavy atom. The number of benzene rings is 2. The minimum absolute atomic E-state index is 0.0553. The number of amides is 1. The fraction of sp³-hybridized carbons (Fsp3) is 0.361. The Morgan fingerprint density at radius 2 is 1.73 bits per heavy atom. The van der Waals surface area contributed by atoms with E-state index in [-0.39, 0.29) is 23.9 Å². The highest BCUT2D eigenvalue weighted by Crippen LogP contribution is 2.31. The van der Waals surface area contributed by atoms with Crippen LogP contribution in [0.3, 0.4) is 0 Å². The molecule has 5 aromatic rings. The molecule has 0 spiro atoms. The Balaban J connectivity index is 0.970. The number of likely N-dealkylation sites (tertiary alicyclic amines) is 1. The van der Waals surface area contributed by atoms with Gasteiger partial charge in [-0.05, 0) is 93.2 Å². The zero-order valence-electron chi connectivity index (χ0n) is 26.0. The quantitative estimate of drug-likeness (QED) is 0.232. The van der Waals surface area contributed by atoms with Crippen molar-refractivity contribution in [1.29, 1.82) is 0 Å². The van der Waals surface area contributed by atoms with Crippen LogP contribution in [-0.4, -0.2) is 62.4 Å². The monoisotopic (exact) mass is 603 g/mol. The Hall–Kier alpha value is -4.47. The van der Waals surface area contributed by atoms with Crippen molar-refractivity contribution >= 4 is 22.6 Å². The molecule has 1 saturated carbocycles. The number of carbonyl (C=O) groups excluding carboxylic acids is 1. The van der Waals surface area contributed by atoms with Gasteiger partial charge in [-0.25, -0.2) is 4.98 Å². The summed E-state index contributed by atoms with van der Waals surface area (Å²) in [5, 5.41) is 8.67. The molecule has 2 atom stereocenters. The van der Waals surface area contributed by atoms with Crippen LogP contribution in [0.25, 0.3) is 33.2 Å².